The molecule has 108 valence electrons. The van der Waals surface area contributed by atoms with Gasteiger partial charge in [0.05, 0.1) is 28.5 Å². The van der Waals surface area contributed by atoms with Gasteiger partial charge in [0.25, 0.3) is 0 Å². The fraction of sp³-hybridized carbons (Fsp3) is 0.250. The van der Waals surface area contributed by atoms with E-state index in [0.29, 0.717) is 5.02 Å². The molecule has 0 fully saturated rings. The second kappa shape index (κ2) is 5.47. The standard InChI is InChI=1S/C16H17ClN4/c1-3-21-16(13(17)9-19-21)15(18)12-8-10(2)20-14-7-5-4-6-11(12)14/h4-9,15H,3,18H2,1-2H3. The van der Waals surface area contributed by atoms with Gasteiger partial charge in [-0.25, -0.2) is 0 Å². The zero-order chi connectivity index (χ0) is 15.0. The van der Waals surface area contributed by atoms with Crippen LogP contribution in [0.25, 0.3) is 10.9 Å². The normalized spacial score (nSPS) is 12.8. The maximum atomic E-state index is 6.50. The highest BCUT2D eigenvalue weighted by Gasteiger charge is 2.20. The molecular formula is C16H17ClN4. The van der Waals surface area contributed by atoms with Crippen LogP contribution in [0.15, 0.2) is 36.5 Å². The van der Waals surface area contributed by atoms with Crippen molar-refractivity contribution in [2.45, 2.75) is 26.4 Å². The number of hydrogen-bond acceptors (Lipinski definition) is 3. The van der Waals surface area contributed by atoms with Crippen molar-refractivity contribution in [2.24, 2.45) is 5.73 Å². The second-order valence-electron chi connectivity index (χ2n) is 5.04. The van der Waals surface area contributed by atoms with Gasteiger partial charge in [0.15, 0.2) is 0 Å². The maximum Gasteiger partial charge on any atom is 0.0837 e. The van der Waals surface area contributed by atoms with Crippen LogP contribution in [0.2, 0.25) is 5.02 Å². The Hall–Kier alpha value is -1.91. The van der Waals surface area contributed by atoms with E-state index in [4.69, 9.17) is 17.3 Å². The quantitative estimate of drug-likeness (QED) is 0.806. The molecule has 1 aromatic carbocycles. The fourth-order valence-electron chi connectivity index (χ4n) is 2.68. The lowest BCUT2D eigenvalue weighted by atomic mass is 9.99. The number of rotatable bonds is 3. The predicted octanol–water partition coefficient (Wildman–Crippen LogP) is 3.46. The Morgan fingerprint density at radius 3 is 2.86 bits per heavy atom. The number of hydrogen-bond donors (Lipinski definition) is 1. The number of nitrogens with two attached hydrogens (primary N) is 1. The first-order valence-electron chi connectivity index (χ1n) is 6.95. The van der Waals surface area contributed by atoms with Gasteiger partial charge in [0.1, 0.15) is 0 Å². The van der Waals surface area contributed by atoms with Gasteiger partial charge in [0, 0.05) is 17.6 Å². The molecule has 0 saturated carbocycles. The molecule has 0 saturated heterocycles. The highest BCUT2D eigenvalue weighted by molar-refractivity contribution is 6.31. The second-order valence-corrected chi connectivity index (χ2v) is 5.45. The molecule has 0 aliphatic carbocycles. The molecule has 0 radical (unpaired) electrons. The van der Waals surface area contributed by atoms with E-state index in [-0.39, 0.29) is 6.04 Å². The number of halogens is 1. The lowest BCUT2D eigenvalue weighted by Gasteiger charge is -2.17. The first-order valence-corrected chi connectivity index (χ1v) is 7.32. The lowest BCUT2D eigenvalue weighted by molar-refractivity contribution is 0.602. The lowest BCUT2D eigenvalue weighted by Crippen LogP contribution is -2.18. The largest absolute Gasteiger partial charge is 0.319 e. The molecule has 21 heavy (non-hydrogen) atoms. The third-order valence-electron chi connectivity index (χ3n) is 3.64. The van der Waals surface area contributed by atoms with Crippen LogP contribution < -0.4 is 5.73 Å². The van der Waals surface area contributed by atoms with Crippen LogP contribution in [0, 0.1) is 6.92 Å². The summed E-state index contributed by atoms with van der Waals surface area (Å²) >= 11 is 6.28. The molecule has 5 heteroatoms. The third kappa shape index (κ3) is 2.41. The number of aromatic nitrogens is 3. The van der Waals surface area contributed by atoms with Gasteiger partial charge in [-0.15, -0.1) is 0 Å². The average molecular weight is 301 g/mol. The number of para-hydroxylation sites is 1. The topological polar surface area (TPSA) is 56.7 Å². The maximum absolute atomic E-state index is 6.50. The Balaban J connectivity index is 2.22. The van der Waals surface area contributed by atoms with Crippen molar-refractivity contribution >= 4 is 22.5 Å². The third-order valence-corrected chi connectivity index (χ3v) is 3.93. The van der Waals surface area contributed by atoms with E-state index in [1.54, 1.807) is 6.20 Å². The molecule has 0 aliphatic rings. The van der Waals surface area contributed by atoms with E-state index >= 15 is 0 Å². The minimum atomic E-state index is -0.327. The zero-order valence-corrected chi connectivity index (χ0v) is 12.8. The smallest absolute Gasteiger partial charge is 0.0837 e. The SMILES string of the molecule is CCn1ncc(Cl)c1C(N)c1cc(C)nc2ccccc12. The van der Waals surface area contributed by atoms with Gasteiger partial charge in [-0.05, 0) is 31.5 Å². The number of fused-ring (bicyclic) bond motifs is 1. The molecule has 0 bridgehead atoms. The van der Waals surface area contributed by atoms with Crippen LogP contribution in [0.3, 0.4) is 0 Å². The first kappa shape index (κ1) is 14.0. The minimum Gasteiger partial charge on any atom is -0.319 e. The summed E-state index contributed by atoms with van der Waals surface area (Å²) in [6.45, 7) is 4.73. The summed E-state index contributed by atoms with van der Waals surface area (Å²) in [4.78, 5) is 4.55. The van der Waals surface area contributed by atoms with Crippen LogP contribution in [0.5, 0.6) is 0 Å². The summed E-state index contributed by atoms with van der Waals surface area (Å²) in [5.41, 5.74) is 10.3. The van der Waals surface area contributed by atoms with Crippen LogP contribution in [-0.4, -0.2) is 14.8 Å². The highest BCUT2D eigenvalue weighted by Crippen LogP contribution is 2.31. The summed E-state index contributed by atoms with van der Waals surface area (Å²) < 4.78 is 1.84. The summed E-state index contributed by atoms with van der Waals surface area (Å²) in [5.74, 6) is 0. The fourth-order valence-corrected chi connectivity index (χ4v) is 2.94. The molecule has 0 spiro atoms. The Labute approximate surface area is 128 Å². The molecule has 0 aliphatic heterocycles. The summed E-state index contributed by atoms with van der Waals surface area (Å²) in [6.07, 6.45) is 1.65. The summed E-state index contributed by atoms with van der Waals surface area (Å²) in [6, 6.07) is 9.71. The average Bonchev–Trinajstić information content (AvgIpc) is 2.86. The number of benzene rings is 1. The highest BCUT2D eigenvalue weighted by atomic mass is 35.5. The molecule has 4 nitrogen and oxygen atoms in total. The Kier molecular flexibility index (Phi) is 3.66. The van der Waals surface area contributed by atoms with Crippen LogP contribution in [0.4, 0.5) is 0 Å². The molecular weight excluding hydrogens is 284 g/mol. The van der Waals surface area contributed by atoms with Crippen LogP contribution in [0.1, 0.15) is 29.9 Å². The van der Waals surface area contributed by atoms with Crippen molar-refractivity contribution in [3.8, 4) is 0 Å². The van der Waals surface area contributed by atoms with E-state index < -0.39 is 0 Å². The van der Waals surface area contributed by atoms with E-state index in [1.165, 1.54) is 0 Å². The monoisotopic (exact) mass is 300 g/mol. The van der Waals surface area contributed by atoms with E-state index in [9.17, 15) is 0 Å². The van der Waals surface area contributed by atoms with E-state index in [2.05, 4.69) is 10.1 Å². The van der Waals surface area contributed by atoms with Crippen molar-refractivity contribution in [1.29, 1.82) is 0 Å². The minimum absolute atomic E-state index is 0.327. The number of pyridine rings is 1. The summed E-state index contributed by atoms with van der Waals surface area (Å²) in [7, 11) is 0. The Morgan fingerprint density at radius 2 is 2.10 bits per heavy atom. The number of aryl methyl sites for hydroxylation is 2. The van der Waals surface area contributed by atoms with E-state index in [0.717, 1.165) is 34.4 Å². The van der Waals surface area contributed by atoms with Gasteiger partial charge < -0.3 is 5.73 Å². The van der Waals surface area contributed by atoms with Crippen molar-refractivity contribution in [1.82, 2.24) is 14.8 Å². The Bertz CT molecular complexity index is 794. The van der Waals surface area contributed by atoms with Gasteiger partial charge in [0.2, 0.25) is 0 Å². The molecule has 0 amide bonds. The predicted molar refractivity (Wildman–Crippen MR) is 85.4 cm³/mol. The van der Waals surface area contributed by atoms with Gasteiger partial charge >= 0.3 is 0 Å². The van der Waals surface area contributed by atoms with Crippen molar-refractivity contribution in [3.63, 3.8) is 0 Å². The van der Waals surface area contributed by atoms with Crippen LogP contribution >= 0.6 is 11.6 Å². The van der Waals surface area contributed by atoms with Crippen molar-refractivity contribution < 1.29 is 0 Å². The number of nitrogens with zero attached hydrogens (tertiary/aromatic N) is 3. The van der Waals surface area contributed by atoms with Crippen LogP contribution in [-0.2, 0) is 6.54 Å². The molecule has 3 aromatic rings. The summed E-state index contributed by atoms with van der Waals surface area (Å²) in [5, 5.41) is 5.92. The molecule has 2 heterocycles. The molecule has 2 aromatic heterocycles. The molecule has 2 N–H and O–H groups in total. The molecule has 1 atom stereocenters. The van der Waals surface area contributed by atoms with Crippen molar-refractivity contribution in [2.75, 3.05) is 0 Å². The van der Waals surface area contributed by atoms with Gasteiger partial charge in [-0.1, -0.05) is 29.8 Å². The van der Waals surface area contributed by atoms with Gasteiger partial charge in [-0.2, -0.15) is 5.10 Å². The molecule has 3 rings (SSSR count). The zero-order valence-electron chi connectivity index (χ0n) is 12.0. The van der Waals surface area contributed by atoms with Crippen molar-refractivity contribution in [3.05, 3.63) is 58.5 Å². The Morgan fingerprint density at radius 1 is 1.33 bits per heavy atom. The van der Waals surface area contributed by atoms with E-state index in [1.807, 2.05) is 48.9 Å². The van der Waals surface area contributed by atoms with Gasteiger partial charge in [-0.3, -0.25) is 9.67 Å². The molecule has 1 unspecified atom stereocenters. The first-order chi connectivity index (χ1) is 10.1.